The van der Waals surface area contributed by atoms with E-state index in [0.29, 0.717) is 19.0 Å². The fraction of sp³-hybridized carbons (Fsp3) is 0.500. The average molecular weight is 364 g/mol. The monoisotopic (exact) mass is 364 g/mol. The van der Waals surface area contributed by atoms with Crippen LogP contribution in [0.2, 0.25) is 0 Å². The topological polar surface area (TPSA) is 97.7 Å². The highest BCUT2D eigenvalue weighted by molar-refractivity contribution is 5.88. The van der Waals surface area contributed by atoms with Crippen LogP contribution in [0.1, 0.15) is 50.3 Å². The lowest BCUT2D eigenvalue weighted by Crippen LogP contribution is -2.57. The van der Waals surface area contributed by atoms with E-state index in [2.05, 4.69) is 34.4 Å². The highest BCUT2D eigenvalue weighted by atomic mass is 16.2. The summed E-state index contributed by atoms with van der Waals surface area (Å²) < 4.78 is 0. The van der Waals surface area contributed by atoms with Crippen LogP contribution >= 0.6 is 0 Å². The standard InChI is InChI=1S/C20H24N6O/c1-3-4-15(22-9-17(27)26-11-20(2,10-21)12-26)14-7-23-19-18(14)25-16(8-24-19)13-5-6-13/h4,7-8,13,22H,3,5-6,9,11-12H2,1-2H3,(H,23,24)/b15-4+. The maximum absolute atomic E-state index is 12.4. The molecule has 7 nitrogen and oxygen atoms in total. The van der Waals surface area contributed by atoms with Crippen molar-refractivity contribution in [3.05, 3.63) is 29.7 Å². The Morgan fingerprint density at radius 3 is 2.96 bits per heavy atom. The number of nitriles is 1. The normalized spacial score (nSPS) is 18.9. The number of aromatic nitrogens is 3. The molecule has 1 saturated heterocycles. The molecule has 4 rings (SSSR count). The minimum absolute atomic E-state index is 0.00863. The summed E-state index contributed by atoms with van der Waals surface area (Å²) >= 11 is 0. The fourth-order valence-corrected chi connectivity index (χ4v) is 3.49. The smallest absolute Gasteiger partial charge is 0.241 e. The van der Waals surface area contributed by atoms with Crippen LogP contribution in [0.3, 0.4) is 0 Å². The third kappa shape index (κ3) is 3.39. The molecule has 27 heavy (non-hydrogen) atoms. The Labute approximate surface area is 158 Å². The van der Waals surface area contributed by atoms with Crippen molar-refractivity contribution in [1.29, 1.82) is 5.26 Å². The van der Waals surface area contributed by atoms with Crippen LogP contribution in [0.4, 0.5) is 0 Å². The highest BCUT2D eigenvalue weighted by Crippen LogP contribution is 2.39. The van der Waals surface area contributed by atoms with Gasteiger partial charge in [-0.05, 0) is 26.2 Å². The van der Waals surface area contributed by atoms with E-state index >= 15 is 0 Å². The summed E-state index contributed by atoms with van der Waals surface area (Å²) in [5, 5.41) is 12.4. The molecule has 140 valence electrons. The molecule has 2 N–H and O–H groups in total. The molecule has 2 aromatic rings. The molecule has 0 aromatic carbocycles. The number of hydrogen-bond acceptors (Lipinski definition) is 5. The lowest BCUT2D eigenvalue weighted by Gasteiger charge is -2.43. The van der Waals surface area contributed by atoms with E-state index in [1.807, 2.05) is 19.3 Å². The number of hydrogen-bond donors (Lipinski definition) is 2. The number of rotatable bonds is 6. The molecule has 3 heterocycles. The van der Waals surface area contributed by atoms with E-state index in [9.17, 15) is 4.79 Å². The van der Waals surface area contributed by atoms with Gasteiger partial charge in [0.15, 0.2) is 5.65 Å². The molecule has 2 aliphatic rings. The number of nitrogens with zero attached hydrogens (tertiary/aromatic N) is 4. The molecule has 0 spiro atoms. The Hall–Kier alpha value is -2.88. The Bertz CT molecular complexity index is 943. The van der Waals surface area contributed by atoms with Crippen LogP contribution in [0.15, 0.2) is 18.5 Å². The zero-order chi connectivity index (χ0) is 19.0. The molecular weight excluding hydrogens is 340 g/mol. The number of amides is 1. The zero-order valence-electron chi connectivity index (χ0n) is 15.7. The molecule has 1 saturated carbocycles. The van der Waals surface area contributed by atoms with E-state index in [0.717, 1.165) is 34.5 Å². The first-order valence-corrected chi connectivity index (χ1v) is 9.50. The predicted molar refractivity (Wildman–Crippen MR) is 102 cm³/mol. The van der Waals surface area contributed by atoms with Crippen LogP contribution in [0, 0.1) is 16.7 Å². The van der Waals surface area contributed by atoms with Gasteiger partial charge in [0.2, 0.25) is 5.91 Å². The molecule has 0 atom stereocenters. The van der Waals surface area contributed by atoms with Gasteiger partial charge in [-0.15, -0.1) is 0 Å². The first-order valence-electron chi connectivity index (χ1n) is 9.50. The van der Waals surface area contributed by atoms with Gasteiger partial charge in [-0.3, -0.25) is 4.79 Å². The third-order valence-corrected chi connectivity index (χ3v) is 5.23. The van der Waals surface area contributed by atoms with Crippen LogP contribution in [-0.2, 0) is 4.79 Å². The van der Waals surface area contributed by atoms with E-state index < -0.39 is 5.41 Å². The molecule has 0 radical (unpaired) electrons. The maximum atomic E-state index is 12.4. The molecule has 2 fully saturated rings. The number of likely N-dealkylation sites (tertiary alicyclic amines) is 1. The van der Waals surface area contributed by atoms with Crippen LogP contribution < -0.4 is 5.32 Å². The molecule has 1 amide bonds. The zero-order valence-corrected chi connectivity index (χ0v) is 15.7. The quantitative estimate of drug-likeness (QED) is 0.821. The van der Waals surface area contributed by atoms with E-state index in [4.69, 9.17) is 10.2 Å². The van der Waals surface area contributed by atoms with Crippen molar-refractivity contribution in [3.63, 3.8) is 0 Å². The number of fused-ring (bicyclic) bond motifs is 1. The first-order chi connectivity index (χ1) is 13.0. The molecule has 0 unspecified atom stereocenters. The molecule has 0 bridgehead atoms. The largest absolute Gasteiger partial charge is 0.376 e. The number of allylic oxidation sites excluding steroid dienone is 1. The molecule has 1 aliphatic carbocycles. The predicted octanol–water partition coefficient (Wildman–Crippen LogP) is 2.55. The van der Waals surface area contributed by atoms with Gasteiger partial charge in [0.05, 0.1) is 29.9 Å². The number of H-pyrrole nitrogens is 1. The summed E-state index contributed by atoms with van der Waals surface area (Å²) in [7, 11) is 0. The number of carbonyl (C=O) groups excluding carboxylic acids is 1. The summed E-state index contributed by atoms with van der Waals surface area (Å²) in [5.41, 5.74) is 4.09. The Morgan fingerprint density at radius 2 is 2.30 bits per heavy atom. The van der Waals surface area contributed by atoms with Gasteiger partial charge in [-0.1, -0.05) is 13.0 Å². The minimum atomic E-state index is -0.399. The first kappa shape index (κ1) is 17.5. The van der Waals surface area contributed by atoms with Crippen molar-refractivity contribution >= 4 is 22.8 Å². The summed E-state index contributed by atoms with van der Waals surface area (Å²) in [6, 6.07) is 2.26. The van der Waals surface area contributed by atoms with Gasteiger partial charge < -0.3 is 15.2 Å². The van der Waals surface area contributed by atoms with Gasteiger partial charge in [0.25, 0.3) is 0 Å². The van der Waals surface area contributed by atoms with E-state index in [1.54, 1.807) is 4.90 Å². The van der Waals surface area contributed by atoms with Gasteiger partial charge in [0, 0.05) is 36.5 Å². The Balaban J connectivity index is 1.49. The van der Waals surface area contributed by atoms with Gasteiger partial charge in [-0.2, -0.15) is 5.26 Å². The van der Waals surface area contributed by atoms with E-state index in [1.165, 1.54) is 12.8 Å². The molecule has 1 aliphatic heterocycles. The van der Waals surface area contributed by atoms with Crippen molar-refractivity contribution < 1.29 is 4.79 Å². The van der Waals surface area contributed by atoms with Gasteiger partial charge in [-0.25, -0.2) is 9.97 Å². The third-order valence-electron chi connectivity index (χ3n) is 5.23. The summed E-state index contributed by atoms with van der Waals surface area (Å²) in [6.07, 6.45) is 9.03. The van der Waals surface area contributed by atoms with Crippen molar-refractivity contribution in [1.82, 2.24) is 25.2 Å². The summed E-state index contributed by atoms with van der Waals surface area (Å²) in [5.74, 6) is 0.549. The lowest BCUT2D eigenvalue weighted by atomic mass is 9.84. The highest BCUT2D eigenvalue weighted by Gasteiger charge is 2.41. The van der Waals surface area contributed by atoms with Crippen LogP contribution in [0.5, 0.6) is 0 Å². The average Bonchev–Trinajstić information content (AvgIpc) is 3.42. The van der Waals surface area contributed by atoms with Crippen molar-refractivity contribution in [2.45, 2.75) is 39.0 Å². The SMILES string of the molecule is CC/C=C(/NCC(=O)N1CC(C)(C#N)C1)c1c[nH]c2ncc(C3CC3)nc12. The van der Waals surface area contributed by atoms with Crippen LogP contribution in [0.25, 0.3) is 16.9 Å². The number of carbonyl (C=O) groups is 1. The second-order valence-corrected chi connectivity index (χ2v) is 7.77. The van der Waals surface area contributed by atoms with E-state index in [-0.39, 0.29) is 12.5 Å². The van der Waals surface area contributed by atoms with Gasteiger partial charge in [0.1, 0.15) is 5.52 Å². The van der Waals surface area contributed by atoms with Crippen molar-refractivity contribution in [2.24, 2.45) is 5.41 Å². The van der Waals surface area contributed by atoms with Gasteiger partial charge >= 0.3 is 0 Å². The number of nitrogens with one attached hydrogen (secondary N) is 2. The second-order valence-electron chi connectivity index (χ2n) is 7.77. The number of aromatic amines is 1. The summed E-state index contributed by atoms with van der Waals surface area (Å²) in [4.78, 5) is 26.6. The fourth-order valence-electron chi connectivity index (χ4n) is 3.49. The second kappa shape index (κ2) is 6.69. The Kier molecular flexibility index (Phi) is 4.34. The lowest BCUT2D eigenvalue weighted by molar-refractivity contribution is -0.138. The summed E-state index contributed by atoms with van der Waals surface area (Å²) in [6.45, 7) is 5.15. The van der Waals surface area contributed by atoms with Crippen LogP contribution in [-0.4, -0.2) is 45.4 Å². The molecule has 7 heteroatoms. The minimum Gasteiger partial charge on any atom is -0.376 e. The van der Waals surface area contributed by atoms with Crippen molar-refractivity contribution in [2.75, 3.05) is 19.6 Å². The molecular formula is C20H24N6O. The molecule has 2 aromatic heterocycles. The Morgan fingerprint density at radius 1 is 1.52 bits per heavy atom. The maximum Gasteiger partial charge on any atom is 0.241 e. The van der Waals surface area contributed by atoms with Crippen molar-refractivity contribution in [3.8, 4) is 6.07 Å².